The highest BCUT2D eigenvalue weighted by atomic mass is 35.5. The van der Waals surface area contributed by atoms with Crippen molar-refractivity contribution in [2.75, 3.05) is 19.1 Å². The molecule has 2 aromatic carbocycles. The van der Waals surface area contributed by atoms with Gasteiger partial charge in [0.1, 0.15) is 22.8 Å². The molecule has 8 nitrogen and oxygen atoms in total. The zero-order chi connectivity index (χ0) is 25.2. The summed E-state index contributed by atoms with van der Waals surface area (Å²) in [6, 6.07) is 16.2. The molecule has 10 heteroatoms. The molecule has 0 fully saturated rings. The van der Waals surface area contributed by atoms with E-state index in [1.807, 2.05) is 48.3 Å². The zero-order valence-corrected chi connectivity index (χ0v) is 20.4. The first-order valence-electron chi connectivity index (χ1n) is 11.2. The molecule has 2 N–H and O–H groups in total. The van der Waals surface area contributed by atoms with Crippen LogP contribution in [0.4, 0.5) is 16.0 Å². The number of nitrogens with two attached hydrogens (primary N) is 1. The molecule has 5 rings (SSSR count). The quantitative estimate of drug-likeness (QED) is 0.335. The highest BCUT2D eigenvalue weighted by molar-refractivity contribution is 6.31. The molecule has 0 spiro atoms. The minimum Gasteiger partial charge on any atom is -0.497 e. The van der Waals surface area contributed by atoms with Crippen molar-refractivity contribution in [1.29, 1.82) is 0 Å². The first-order chi connectivity index (χ1) is 17.5. The maximum atomic E-state index is 15.0. The minimum atomic E-state index is -0.556. The van der Waals surface area contributed by atoms with Gasteiger partial charge < -0.3 is 15.4 Å². The molecule has 0 atom stereocenters. The van der Waals surface area contributed by atoms with E-state index in [1.54, 1.807) is 36.3 Å². The van der Waals surface area contributed by atoms with Gasteiger partial charge in [-0.15, -0.1) is 0 Å². The van der Waals surface area contributed by atoms with Crippen LogP contribution in [0.15, 0.2) is 67.0 Å². The number of pyridine rings is 1. The van der Waals surface area contributed by atoms with Crippen molar-refractivity contribution in [3.63, 3.8) is 0 Å². The molecule has 0 radical (unpaired) electrons. The summed E-state index contributed by atoms with van der Waals surface area (Å²) < 4.78 is 21.9. The first-order valence-corrected chi connectivity index (χ1v) is 11.6. The highest BCUT2D eigenvalue weighted by Gasteiger charge is 2.21. The number of aromatic nitrogens is 5. The lowest BCUT2D eigenvalue weighted by Gasteiger charge is -2.19. The molecule has 0 saturated carbocycles. The standard InChI is InChI=1S/C26H23ClFN7O/c1-34(25-17(13-29)5-4-12-30-25)21-14-31-24-23(19-6-3-7-20(27)22(19)28)33-35(26(24)32-21)15-16-8-10-18(36-2)11-9-16/h3-12,14H,13,15,29H2,1-2H3. The van der Waals surface area contributed by atoms with Gasteiger partial charge in [0.05, 0.1) is 24.9 Å². The Morgan fingerprint density at radius 3 is 2.64 bits per heavy atom. The number of nitrogens with zero attached hydrogens (tertiary/aromatic N) is 6. The van der Waals surface area contributed by atoms with Crippen LogP contribution in [-0.2, 0) is 13.1 Å². The predicted molar refractivity (Wildman–Crippen MR) is 138 cm³/mol. The van der Waals surface area contributed by atoms with Crippen LogP contribution in [0.2, 0.25) is 5.02 Å². The summed E-state index contributed by atoms with van der Waals surface area (Å²) in [5, 5.41) is 4.73. The van der Waals surface area contributed by atoms with Crippen molar-refractivity contribution in [2.45, 2.75) is 13.1 Å². The van der Waals surface area contributed by atoms with Crippen LogP contribution in [0, 0.1) is 5.82 Å². The van der Waals surface area contributed by atoms with Crippen LogP contribution in [0.5, 0.6) is 5.75 Å². The van der Waals surface area contributed by atoms with Crippen molar-refractivity contribution in [3.8, 4) is 17.0 Å². The average molecular weight is 504 g/mol. The SMILES string of the molecule is COc1ccc(Cn2nc(-c3cccc(Cl)c3F)c3ncc(N(C)c4ncccc4CN)nc32)cc1. The van der Waals surface area contributed by atoms with E-state index in [-0.39, 0.29) is 10.6 Å². The van der Waals surface area contributed by atoms with E-state index in [2.05, 4.69) is 9.97 Å². The van der Waals surface area contributed by atoms with Gasteiger partial charge in [-0.25, -0.2) is 24.0 Å². The van der Waals surface area contributed by atoms with Gasteiger partial charge in [0.2, 0.25) is 0 Å². The smallest absolute Gasteiger partial charge is 0.179 e. The van der Waals surface area contributed by atoms with Crippen LogP contribution in [0.3, 0.4) is 0 Å². The van der Waals surface area contributed by atoms with Gasteiger partial charge in [-0.05, 0) is 35.9 Å². The number of anilines is 2. The Morgan fingerprint density at radius 1 is 1.08 bits per heavy atom. The maximum Gasteiger partial charge on any atom is 0.179 e. The lowest BCUT2D eigenvalue weighted by atomic mass is 10.1. The second-order valence-corrected chi connectivity index (χ2v) is 8.51. The third-order valence-corrected chi connectivity index (χ3v) is 6.17. The van der Waals surface area contributed by atoms with Crippen molar-refractivity contribution in [3.05, 3.63) is 89.0 Å². The van der Waals surface area contributed by atoms with Crippen LogP contribution < -0.4 is 15.4 Å². The Labute approximate surface area is 212 Å². The van der Waals surface area contributed by atoms with E-state index in [4.69, 9.17) is 32.2 Å². The number of hydrogen-bond acceptors (Lipinski definition) is 7. The van der Waals surface area contributed by atoms with Crippen molar-refractivity contribution in [2.24, 2.45) is 5.73 Å². The summed E-state index contributed by atoms with van der Waals surface area (Å²) in [6.45, 7) is 0.721. The van der Waals surface area contributed by atoms with Gasteiger partial charge in [-0.3, -0.25) is 0 Å². The normalized spacial score (nSPS) is 11.1. The van der Waals surface area contributed by atoms with Crippen LogP contribution >= 0.6 is 11.6 Å². The predicted octanol–water partition coefficient (Wildman–Crippen LogP) is 4.96. The fourth-order valence-electron chi connectivity index (χ4n) is 3.98. The van der Waals surface area contributed by atoms with Gasteiger partial charge >= 0.3 is 0 Å². The first kappa shape index (κ1) is 23.7. The number of methoxy groups -OCH3 is 1. The molecule has 3 heterocycles. The zero-order valence-electron chi connectivity index (χ0n) is 19.7. The summed E-state index contributed by atoms with van der Waals surface area (Å²) in [7, 11) is 3.46. The van der Waals surface area contributed by atoms with Gasteiger partial charge in [0.25, 0.3) is 0 Å². The largest absolute Gasteiger partial charge is 0.497 e. The second kappa shape index (κ2) is 9.88. The number of benzene rings is 2. The Morgan fingerprint density at radius 2 is 1.89 bits per heavy atom. The Bertz CT molecular complexity index is 1540. The number of fused-ring (bicyclic) bond motifs is 1. The summed E-state index contributed by atoms with van der Waals surface area (Å²) in [4.78, 5) is 15.8. The highest BCUT2D eigenvalue weighted by Crippen LogP contribution is 2.33. The molecule has 0 unspecified atom stereocenters. The minimum absolute atomic E-state index is 0.0131. The molecule has 5 aromatic rings. The number of ether oxygens (including phenoxy) is 1. The third kappa shape index (κ3) is 4.34. The van der Waals surface area contributed by atoms with Crippen LogP contribution in [0.25, 0.3) is 22.4 Å². The van der Waals surface area contributed by atoms with Crippen molar-refractivity contribution >= 4 is 34.4 Å². The molecule has 3 aromatic heterocycles. The van der Waals surface area contributed by atoms with Gasteiger partial charge in [0.15, 0.2) is 17.3 Å². The Balaban J connectivity index is 1.65. The van der Waals surface area contributed by atoms with E-state index < -0.39 is 5.82 Å². The summed E-state index contributed by atoms with van der Waals surface area (Å²) >= 11 is 6.06. The van der Waals surface area contributed by atoms with Crippen molar-refractivity contribution < 1.29 is 9.13 Å². The van der Waals surface area contributed by atoms with E-state index in [9.17, 15) is 4.39 Å². The fourth-order valence-corrected chi connectivity index (χ4v) is 4.15. The lowest BCUT2D eigenvalue weighted by Crippen LogP contribution is -2.17. The molecule has 0 aliphatic heterocycles. The second-order valence-electron chi connectivity index (χ2n) is 8.11. The van der Waals surface area contributed by atoms with Gasteiger partial charge in [0, 0.05) is 30.9 Å². The topological polar surface area (TPSA) is 95.0 Å². The van der Waals surface area contributed by atoms with Crippen LogP contribution in [0.1, 0.15) is 11.1 Å². The molecular weight excluding hydrogens is 481 g/mol. The molecule has 36 heavy (non-hydrogen) atoms. The molecule has 0 aliphatic carbocycles. The van der Waals surface area contributed by atoms with E-state index in [1.165, 1.54) is 6.07 Å². The summed E-state index contributed by atoms with van der Waals surface area (Å²) in [5.41, 5.74) is 9.32. The fraction of sp³-hybridized carbons (Fsp3) is 0.154. The lowest BCUT2D eigenvalue weighted by molar-refractivity contribution is 0.414. The molecule has 0 amide bonds. The molecule has 182 valence electrons. The Kier molecular flexibility index (Phi) is 6.49. The summed E-state index contributed by atoms with van der Waals surface area (Å²) in [5.74, 6) is 1.42. The van der Waals surface area contributed by atoms with Gasteiger partial charge in [-0.1, -0.05) is 35.9 Å². The van der Waals surface area contributed by atoms with Crippen LogP contribution in [-0.4, -0.2) is 38.9 Å². The summed E-state index contributed by atoms with van der Waals surface area (Å²) in [6.07, 6.45) is 3.31. The van der Waals surface area contributed by atoms with Crippen molar-refractivity contribution in [1.82, 2.24) is 24.7 Å². The third-order valence-electron chi connectivity index (χ3n) is 5.88. The number of hydrogen-bond donors (Lipinski definition) is 1. The molecule has 0 saturated heterocycles. The molecule has 0 aliphatic rings. The Hall–Kier alpha value is -4.08. The molecular formula is C26H23ClFN7O. The number of rotatable bonds is 7. The number of halogens is 2. The van der Waals surface area contributed by atoms with E-state index in [0.29, 0.717) is 41.6 Å². The monoisotopic (exact) mass is 503 g/mol. The average Bonchev–Trinajstić information content (AvgIpc) is 3.27. The molecule has 0 bridgehead atoms. The van der Waals surface area contributed by atoms with E-state index in [0.717, 1.165) is 16.9 Å². The van der Waals surface area contributed by atoms with Gasteiger partial charge in [-0.2, -0.15) is 5.10 Å². The maximum absolute atomic E-state index is 15.0. The van der Waals surface area contributed by atoms with E-state index >= 15 is 0 Å².